The number of amides is 1. The summed E-state index contributed by atoms with van der Waals surface area (Å²) in [6, 6.07) is 18.1. The van der Waals surface area contributed by atoms with Gasteiger partial charge in [0.25, 0.3) is 0 Å². The van der Waals surface area contributed by atoms with Crippen molar-refractivity contribution >= 4 is 17.7 Å². The van der Waals surface area contributed by atoms with Crippen LogP contribution in [0.3, 0.4) is 0 Å². The lowest BCUT2D eigenvalue weighted by Crippen LogP contribution is -2.19. The Morgan fingerprint density at radius 2 is 1.60 bits per heavy atom. The lowest BCUT2D eigenvalue weighted by Gasteiger charge is -2.16. The van der Waals surface area contributed by atoms with Crippen molar-refractivity contribution in [3.8, 4) is 16.9 Å². The summed E-state index contributed by atoms with van der Waals surface area (Å²) in [5, 5.41) is 11.4. The molecule has 0 atom stereocenters. The normalized spacial score (nSPS) is 12.1. The zero-order valence-electron chi connectivity index (χ0n) is 16.0. The van der Waals surface area contributed by atoms with Gasteiger partial charge in [-0.15, -0.1) is 0 Å². The molecule has 0 fully saturated rings. The maximum Gasteiger partial charge on any atom is 0.411 e. The number of carbonyl (C=O) groups excluding carboxylic acids is 1. The van der Waals surface area contributed by atoms with Crippen LogP contribution in [0.4, 0.5) is 14.9 Å². The van der Waals surface area contributed by atoms with E-state index in [-0.39, 0.29) is 24.0 Å². The lowest BCUT2D eigenvalue weighted by molar-refractivity contribution is 0.0691. The minimum atomic E-state index is -1.45. The first kappa shape index (κ1) is 19.4. The van der Waals surface area contributed by atoms with Gasteiger partial charge < -0.3 is 14.6 Å². The number of halogens is 1. The SMILES string of the molecule is COc1ccc(C(=O)O)c(F)c1NC(=O)OCC1c2ccccc2-c2ccccc21. The highest BCUT2D eigenvalue weighted by Gasteiger charge is 2.29. The number of carbonyl (C=O) groups is 2. The highest BCUT2D eigenvalue weighted by Crippen LogP contribution is 2.44. The maximum atomic E-state index is 14.5. The molecule has 30 heavy (non-hydrogen) atoms. The maximum absolute atomic E-state index is 14.5. The molecule has 0 aromatic heterocycles. The predicted octanol–water partition coefficient (Wildman–Crippen LogP) is 4.89. The van der Waals surface area contributed by atoms with Crippen molar-refractivity contribution in [2.45, 2.75) is 5.92 Å². The Hall–Kier alpha value is -3.87. The molecule has 0 spiro atoms. The highest BCUT2D eigenvalue weighted by molar-refractivity contribution is 5.93. The molecule has 4 rings (SSSR count). The van der Waals surface area contributed by atoms with Crippen LogP contribution in [0.25, 0.3) is 11.1 Å². The van der Waals surface area contributed by atoms with E-state index < -0.39 is 23.4 Å². The molecular formula is C23H18FNO5. The first-order valence-electron chi connectivity index (χ1n) is 9.23. The van der Waals surface area contributed by atoms with E-state index in [9.17, 15) is 14.0 Å². The zero-order valence-corrected chi connectivity index (χ0v) is 16.0. The third-order valence-corrected chi connectivity index (χ3v) is 5.12. The minimum Gasteiger partial charge on any atom is -0.494 e. The average Bonchev–Trinajstić information content (AvgIpc) is 3.07. The number of hydrogen-bond acceptors (Lipinski definition) is 4. The van der Waals surface area contributed by atoms with Crippen molar-refractivity contribution < 1.29 is 28.6 Å². The number of rotatable bonds is 5. The van der Waals surface area contributed by atoms with Crippen LogP contribution in [0.5, 0.6) is 5.75 Å². The molecule has 3 aromatic carbocycles. The monoisotopic (exact) mass is 407 g/mol. The van der Waals surface area contributed by atoms with Gasteiger partial charge in [-0.05, 0) is 34.4 Å². The van der Waals surface area contributed by atoms with Crippen LogP contribution in [0.2, 0.25) is 0 Å². The molecule has 0 saturated heterocycles. The molecule has 2 N–H and O–H groups in total. The Labute approximate surface area is 171 Å². The molecule has 1 amide bonds. The molecule has 3 aromatic rings. The molecule has 152 valence electrons. The Morgan fingerprint density at radius 1 is 1.00 bits per heavy atom. The fourth-order valence-electron chi connectivity index (χ4n) is 3.75. The summed E-state index contributed by atoms with van der Waals surface area (Å²) >= 11 is 0. The van der Waals surface area contributed by atoms with Gasteiger partial charge in [0.05, 0.1) is 12.7 Å². The van der Waals surface area contributed by atoms with Crippen molar-refractivity contribution in [3.63, 3.8) is 0 Å². The molecule has 0 aliphatic heterocycles. The van der Waals surface area contributed by atoms with Crippen molar-refractivity contribution in [3.05, 3.63) is 83.2 Å². The minimum absolute atomic E-state index is 0.00833. The molecule has 0 bridgehead atoms. The van der Waals surface area contributed by atoms with Gasteiger partial charge in [0, 0.05) is 5.92 Å². The van der Waals surface area contributed by atoms with Gasteiger partial charge in [0.15, 0.2) is 5.82 Å². The quantitative estimate of drug-likeness (QED) is 0.629. The number of methoxy groups -OCH3 is 1. The number of benzene rings is 3. The van der Waals surface area contributed by atoms with Crippen molar-refractivity contribution in [1.29, 1.82) is 0 Å². The predicted molar refractivity (Wildman–Crippen MR) is 109 cm³/mol. The first-order chi connectivity index (χ1) is 14.5. The summed E-state index contributed by atoms with van der Waals surface area (Å²) in [5.41, 5.74) is 3.30. The summed E-state index contributed by atoms with van der Waals surface area (Å²) < 4.78 is 24.9. The fraction of sp³-hybridized carbons (Fsp3) is 0.130. The Bertz CT molecular complexity index is 1100. The second-order valence-corrected chi connectivity index (χ2v) is 6.76. The molecule has 0 radical (unpaired) electrons. The number of nitrogens with one attached hydrogen (secondary N) is 1. The molecule has 0 unspecified atom stereocenters. The Kier molecular flexibility index (Phi) is 5.10. The van der Waals surface area contributed by atoms with Crippen molar-refractivity contribution in [2.24, 2.45) is 0 Å². The number of fused-ring (bicyclic) bond motifs is 3. The van der Waals surface area contributed by atoms with E-state index in [1.807, 2.05) is 48.5 Å². The third kappa shape index (κ3) is 3.34. The number of ether oxygens (including phenoxy) is 2. The average molecular weight is 407 g/mol. The number of carboxylic acid groups (broad SMARTS) is 1. The van der Waals surface area contributed by atoms with E-state index in [1.165, 1.54) is 13.2 Å². The van der Waals surface area contributed by atoms with Crippen molar-refractivity contribution in [2.75, 3.05) is 19.0 Å². The van der Waals surface area contributed by atoms with E-state index in [4.69, 9.17) is 14.6 Å². The van der Waals surface area contributed by atoms with E-state index in [0.717, 1.165) is 28.3 Å². The van der Waals surface area contributed by atoms with Gasteiger partial charge >= 0.3 is 12.1 Å². The van der Waals surface area contributed by atoms with Gasteiger partial charge in [-0.3, -0.25) is 5.32 Å². The van der Waals surface area contributed by atoms with E-state index in [0.29, 0.717) is 0 Å². The van der Waals surface area contributed by atoms with Gasteiger partial charge in [0.1, 0.15) is 18.0 Å². The van der Waals surface area contributed by atoms with Gasteiger partial charge in [-0.1, -0.05) is 48.5 Å². The summed E-state index contributed by atoms with van der Waals surface area (Å²) in [4.78, 5) is 23.6. The largest absolute Gasteiger partial charge is 0.494 e. The van der Waals surface area contributed by atoms with Crippen LogP contribution in [-0.4, -0.2) is 30.9 Å². The molecule has 1 aliphatic carbocycles. The summed E-state index contributed by atoms with van der Waals surface area (Å²) in [6.07, 6.45) is -0.906. The van der Waals surface area contributed by atoms with E-state index >= 15 is 0 Å². The molecule has 7 heteroatoms. The molecule has 1 aliphatic rings. The standard InChI is InChI=1S/C23H18FNO5/c1-29-19-11-10-17(22(26)27)20(24)21(19)25-23(28)30-12-18-15-8-4-2-6-13(15)14-7-3-5-9-16(14)18/h2-11,18H,12H2,1H3,(H,25,28)(H,26,27). The van der Waals surface area contributed by atoms with Crippen LogP contribution in [-0.2, 0) is 4.74 Å². The Balaban J connectivity index is 1.54. The van der Waals surface area contributed by atoms with Gasteiger partial charge in [0.2, 0.25) is 0 Å². The number of anilines is 1. The summed E-state index contributed by atoms with van der Waals surface area (Å²) in [6.45, 7) is 0.0441. The highest BCUT2D eigenvalue weighted by atomic mass is 19.1. The molecule has 0 saturated carbocycles. The van der Waals surface area contributed by atoms with Crippen LogP contribution >= 0.6 is 0 Å². The van der Waals surface area contributed by atoms with E-state index in [2.05, 4.69) is 5.32 Å². The summed E-state index contributed by atoms with van der Waals surface area (Å²) in [7, 11) is 1.29. The number of carboxylic acids is 1. The Morgan fingerprint density at radius 3 is 2.17 bits per heavy atom. The second-order valence-electron chi connectivity index (χ2n) is 6.76. The van der Waals surface area contributed by atoms with Gasteiger partial charge in [-0.25, -0.2) is 14.0 Å². The lowest BCUT2D eigenvalue weighted by atomic mass is 9.98. The van der Waals surface area contributed by atoms with Gasteiger partial charge in [-0.2, -0.15) is 0 Å². The molecule has 0 heterocycles. The zero-order chi connectivity index (χ0) is 21.3. The smallest absolute Gasteiger partial charge is 0.411 e. The molecular weight excluding hydrogens is 389 g/mol. The fourth-order valence-corrected chi connectivity index (χ4v) is 3.75. The summed E-state index contributed by atoms with van der Waals surface area (Å²) in [5.74, 6) is -2.72. The second kappa shape index (κ2) is 7.87. The number of hydrogen-bond donors (Lipinski definition) is 2. The van der Waals surface area contributed by atoms with Crippen molar-refractivity contribution in [1.82, 2.24) is 0 Å². The number of aromatic carboxylic acids is 1. The van der Waals surface area contributed by atoms with Crippen LogP contribution in [0, 0.1) is 5.82 Å². The molecule has 6 nitrogen and oxygen atoms in total. The van der Waals surface area contributed by atoms with E-state index in [1.54, 1.807) is 0 Å². The van der Waals surface area contributed by atoms with Crippen LogP contribution in [0.15, 0.2) is 60.7 Å². The van der Waals surface area contributed by atoms with Crippen LogP contribution in [0.1, 0.15) is 27.4 Å². The topological polar surface area (TPSA) is 84.9 Å². The first-order valence-corrected chi connectivity index (χ1v) is 9.23. The van der Waals surface area contributed by atoms with Crippen LogP contribution < -0.4 is 10.1 Å². The third-order valence-electron chi connectivity index (χ3n) is 5.12.